The fourth-order valence-corrected chi connectivity index (χ4v) is 2.44. The molecule has 0 aliphatic carbocycles. The van der Waals surface area contributed by atoms with E-state index in [0.29, 0.717) is 22.8 Å². The molecule has 4 heteroatoms. The lowest BCUT2D eigenvalue weighted by Gasteiger charge is -2.05. The Morgan fingerprint density at radius 3 is 2.88 bits per heavy atom. The van der Waals surface area contributed by atoms with Crippen molar-refractivity contribution in [3.63, 3.8) is 0 Å². The highest BCUT2D eigenvalue weighted by Crippen LogP contribution is 2.24. The summed E-state index contributed by atoms with van der Waals surface area (Å²) in [5, 5.41) is 2.42. The fourth-order valence-electron chi connectivity index (χ4n) is 1.51. The zero-order valence-electron chi connectivity index (χ0n) is 9.27. The zero-order valence-corrected chi connectivity index (χ0v) is 10.8. The Morgan fingerprint density at radius 2 is 2.24 bits per heavy atom. The Bertz CT molecular complexity index is 520. The van der Waals surface area contributed by atoms with Crippen LogP contribution in [0.1, 0.15) is 15.2 Å². The van der Waals surface area contributed by atoms with Crippen molar-refractivity contribution in [2.75, 3.05) is 7.11 Å². The molecule has 0 amide bonds. The Balaban J connectivity index is 2.24. The summed E-state index contributed by atoms with van der Waals surface area (Å²) >= 11 is 7.58. The van der Waals surface area contributed by atoms with Crippen LogP contribution in [0, 0.1) is 0 Å². The van der Waals surface area contributed by atoms with Gasteiger partial charge < -0.3 is 4.74 Å². The highest BCUT2D eigenvalue weighted by atomic mass is 35.5. The zero-order chi connectivity index (χ0) is 12.3. The topological polar surface area (TPSA) is 26.3 Å². The second kappa shape index (κ2) is 5.34. The van der Waals surface area contributed by atoms with Gasteiger partial charge in [-0.25, -0.2) is 0 Å². The predicted octanol–water partition coefficient (Wildman–Crippen LogP) is 3.84. The summed E-state index contributed by atoms with van der Waals surface area (Å²) in [7, 11) is 1.57. The van der Waals surface area contributed by atoms with Crippen LogP contribution in [0.3, 0.4) is 0 Å². The van der Waals surface area contributed by atoms with E-state index in [4.69, 9.17) is 16.3 Å². The number of methoxy groups -OCH3 is 1. The van der Waals surface area contributed by atoms with Gasteiger partial charge >= 0.3 is 0 Å². The molecule has 1 heterocycles. The molecule has 0 aliphatic rings. The molecule has 1 aromatic heterocycles. The second-order valence-corrected chi connectivity index (χ2v) is 4.96. The van der Waals surface area contributed by atoms with Gasteiger partial charge in [-0.15, -0.1) is 11.3 Å². The van der Waals surface area contributed by atoms with Crippen molar-refractivity contribution in [3.8, 4) is 5.75 Å². The summed E-state index contributed by atoms with van der Waals surface area (Å²) in [5.74, 6) is 0.653. The van der Waals surface area contributed by atoms with E-state index < -0.39 is 0 Å². The molecule has 0 radical (unpaired) electrons. The lowest BCUT2D eigenvalue weighted by atomic mass is 10.1. The third-order valence-corrected chi connectivity index (χ3v) is 3.59. The first-order chi connectivity index (χ1) is 8.20. The first-order valence-electron chi connectivity index (χ1n) is 5.10. The predicted molar refractivity (Wildman–Crippen MR) is 70.4 cm³/mol. The van der Waals surface area contributed by atoms with E-state index in [1.54, 1.807) is 36.6 Å². The minimum absolute atomic E-state index is 0.0105. The normalized spacial score (nSPS) is 10.2. The first-order valence-corrected chi connectivity index (χ1v) is 6.35. The van der Waals surface area contributed by atoms with Gasteiger partial charge in [0.1, 0.15) is 5.75 Å². The second-order valence-electron chi connectivity index (χ2n) is 3.53. The number of benzene rings is 1. The third kappa shape index (κ3) is 2.87. The molecular formula is C13H11ClO2S. The highest BCUT2D eigenvalue weighted by Gasteiger charge is 2.12. The van der Waals surface area contributed by atoms with Crippen LogP contribution in [0.15, 0.2) is 35.7 Å². The number of hydrogen-bond donors (Lipinski definition) is 0. The van der Waals surface area contributed by atoms with E-state index in [9.17, 15) is 4.79 Å². The molecule has 0 fully saturated rings. The number of carbonyl (C=O) groups excluding carboxylic acids is 1. The quantitative estimate of drug-likeness (QED) is 0.786. The maximum Gasteiger partial charge on any atom is 0.169 e. The minimum atomic E-state index is 0.0105. The summed E-state index contributed by atoms with van der Waals surface area (Å²) in [6.07, 6.45) is 0.380. The molecule has 0 atom stereocenters. The molecule has 0 unspecified atom stereocenters. The number of rotatable bonds is 4. The molecule has 0 N–H and O–H groups in total. The number of carbonyl (C=O) groups is 1. The van der Waals surface area contributed by atoms with Gasteiger partial charge in [-0.1, -0.05) is 17.7 Å². The van der Waals surface area contributed by atoms with Gasteiger partial charge in [0, 0.05) is 16.9 Å². The maximum absolute atomic E-state index is 12.1. The number of ether oxygens (including phenoxy) is 1. The molecule has 2 rings (SSSR count). The lowest BCUT2D eigenvalue weighted by Crippen LogP contribution is -2.03. The lowest BCUT2D eigenvalue weighted by molar-refractivity contribution is 0.0993. The van der Waals surface area contributed by atoms with E-state index in [2.05, 4.69) is 0 Å². The molecule has 88 valence electrons. The number of hydrogen-bond acceptors (Lipinski definition) is 3. The van der Waals surface area contributed by atoms with Gasteiger partial charge in [0.05, 0.1) is 12.1 Å². The molecule has 0 saturated heterocycles. The molecule has 0 saturated carbocycles. The smallest absolute Gasteiger partial charge is 0.169 e. The fraction of sp³-hybridized carbons (Fsp3) is 0.154. The van der Waals surface area contributed by atoms with Crippen molar-refractivity contribution in [2.45, 2.75) is 6.42 Å². The summed E-state index contributed by atoms with van der Waals surface area (Å²) in [6.45, 7) is 0. The summed E-state index contributed by atoms with van der Waals surface area (Å²) < 4.78 is 5.09. The van der Waals surface area contributed by atoms with Crippen LogP contribution in [-0.2, 0) is 6.42 Å². The molecule has 1 aromatic carbocycles. The van der Waals surface area contributed by atoms with E-state index in [-0.39, 0.29) is 5.78 Å². The third-order valence-electron chi connectivity index (χ3n) is 2.39. The number of Topliss-reactive ketones (excluding diaryl/α,β-unsaturated/α-hetero) is 1. The van der Waals surface area contributed by atoms with Crippen molar-refractivity contribution >= 4 is 28.7 Å². The highest BCUT2D eigenvalue weighted by molar-refractivity contribution is 7.10. The summed E-state index contributed by atoms with van der Waals surface area (Å²) in [5.41, 5.74) is 0.513. The summed E-state index contributed by atoms with van der Waals surface area (Å²) in [6, 6.07) is 8.97. The molecule has 0 bridgehead atoms. The van der Waals surface area contributed by atoms with Crippen LogP contribution < -0.4 is 4.74 Å². The number of thiophene rings is 1. The Kier molecular flexibility index (Phi) is 3.82. The molecule has 2 nitrogen and oxygen atoms in total. The molecule has 17 heavy (non-hydrogen) atoms. The van der Waals surface area contributed by atoms with Crippen LogP contribution in [-0.4, -0.2) is 12.9 Å². The molecule has 0 aliphatic heterocycles. The van der Waals surface area contributed by atoms with E-state index in [1.807, 2.05) is 17.5 Å². The molecule has 0 spiro atoms. The van der Waals surface area contributed by atoms with Gasteiger partial charge in [0.2, 0.25) is 0 Å². The Morgan fingerprint density at radius 1 is 1.41 bits per heavy atom. The van der Waals surface area contributed by atoms with E-state index >= 15 is 0 Å². The molecular weight excluding hydrogens is 256 g/mol. The van der Waals surface area contributed by atoms with Crippen LogP contribution >= 0.6 is 22.9 Å². The van der Waals surface area contributed by atoms with Crippen molar-refractivity contribution in [1.82, 2.24) is 0 Å². The Labute approximate surface area is 109 Å². The van der Waals surface area contributed by atoms with Gasteiger partial charge in [0.25, 0.3) is 0 Å². The van der Waals surface area contributed by atoms with Crippen LogP contribution in [0.5, 0.6) is 5.75 Å². The van der Waals surface area contributed by atoms with Gasteiger partial charge in [-0.05, 0) is 29.6 Å². The summed E-state index contributed by atoms with van der Waals surface area (Å²) in [4.78, 5) is 13.1. The van der Waals surface area contributed by atoms with Crippen LogP contribution in [0.4, 0.5) is 0 Å². The monoisotopic (exact) mass is 266 g/mol. The van der Waals surface area contributed by atoms with Crippen molar-refractivity contribution in [2.24, 2.45) is 0 Å². The van der Waals surface area contributed by atoms with Crippen LogP contribution in [0.25, 0.3) is 0 Å². The molecule has 2 aromatic rings. The van der Waals surface area contributed by atoms with Crippen LogP contribution in [0.2, 0.25) is 5.02 Å². The Hall–Kier alpha value is -1.32. The SMILES string of the molecule is COc1ccc(Cl)c(C(=O)Cc2cccs2)c1. The van der Waals surface area contributed by atoms with Gasteiger partial charge in [-0.2, -0.15) is 0 Å². The average molecular weight is 267 g/mol. The van der Waals surface area contributed by atoms with E-state index in [0.717, 1.165) is 4.88 Å². The van der Waals surface area contributed by atoms with Crippen molar-refractivity contribution in [3.05, 3.63) is 51.2 Å². The maximum atomic E-state index is 12.1. The van der Waals surface area contributed by atoms with Crippen molar-refractivity contribution < 1.29 is 9.53 Å². The standard InChI is InChI=1S/C13H11ClO2S/c1-16-9-4-5-12(14)11(7-9)13(15)8-10-3-2-6-17-10/h2-7H,8H2,1H3. The van der Waals surface area contributed by atoms with Gasteiger partial charge in [-0.3, -0.25) is 4.79 Å². The first kappa shape index (κ1) is 12.1. The average Bonchev–Trinajstić information content (AvgIpc) is 2.82. The number of halogens is 1. The van der Waals surface area contributed by atoms with Crippen molar-refractivity contribution in [1.29, 1.82) is 0 Å². The largest absolute Gasteiger partial charge is 0.497 e. The van der Waals surface area contributed by atoms with Gasteiger partial charge in [0.15, 0.2) is 5.78 Å². The van der Waals surface area contributed by atoms with E-state index in [1.165, 1.54) is 0 Å². The number of ketones is 1. The minimum Gasteiger partial charge on any atom is -0.497 e.